The van der Waals surface area contributed by atoms with E-state index in [4.69, 9.17) is 11.5 Å². The third-order valence-electron chi connectivity index (χ3n) is 3.35. The Kier molecular flexibility index (Phi) is 3.55. The maximum absolute atomic E-state index is 6.20. The van der Waals surface area contributed by atoms with Crippen molar-refractivity contribution in [3.05, 3.63) is 48.7 Å². The van der Waals surface area contributed by atoms with Gasteiger partial charge in [-0.25, -0.2) is 9.97 Å². The maximum Gasteiger partial charge on any atom is 0.160 e. The highest BCUT2D eigenvalue weighted by Crippen LogP contribution is 2.24. The predicted molar refractivity (Wildman–Crippen MR) is 81.1 cm³/mol. The van der Waals surface area contributed by atoms with Crippen molar-refractivity contribution in [1.82, 2.24) is 19.9 Å². The van der Waals surface area contributed by atoms with Gasteiger partial charge in [-0.05, 0) is 25.1 Å². The highest BCUT2D eigenvalue weighted by atomic mass is 14.9. The van der Waals surface area contributed by atoms with Crippen molar-refractivity contribution in [3.8, 4) is 11.4 Å². The molecule has 2 atom stereocenters. The molecule has 3 rings (SSSR count). The van der Waals surface area contributed by atoms with E-state index < -0.39 is 0 Å². The molecular weight excluding hydrogens is 264 g/mol. The quantitative estimate of drug-likeness (QED) is 0.752. The molecule has 0 aliphatic carbocycles. The molecule has 6 nitrogen and oxygen atoms in total. The van der Waals surface area contributed by atoms with Crippen LogP contribution in [-0.4, -0.2) is 26.0 Å². The van der Waals surface area contributed by atoms with Gasteiger partial charge in [0, 0.05) is 35.6 Å². The Morgan fingerprint density at radius 2 is 1.67 bits per heavy atom. The summed E-state index contributed by atoms with van der Waals surface area (Å²) < 4.78 is 0. The number of nitrogens with two attached hydrogens (primary N) is 2. The van der Waals surface area contributed by atoms with Gasteiger partial charge in [0.15, 0.2) is 5.82 Å². The van der Waals surface area contributed by atoms with E-state index in [9.17, 15) is 0 Å². The van der Waals surface area contributed by atoms with Crippen LogP contribution < -0.4 is 11.5 Å². The number of hydrogen-bond acceptors (Lipinski definition) is 6. The predicted octanol–water partition coefficient (Wildman–Crippen LogP) is 1.43. The van der Waals surface area contributed by atoms with E-state index in [0.29, 0.717) is 5.82 Å². The Labute approximate surface area is 122 Å². The Morgan fingerprint density at radius 3 is 2.38 bits per heavy atom. The lowest BCUT2D eigenvalue weighted by Crippen LogP contribution is -2.32. The molecular formula is C15H16N6. The molecule has 4 N–H and O–H groups in total. The summed E-state index contributed by atoms with van der Waals surface area (Å²) in [6.07, 6.45) is 6.82. The van der Waals surface area contributed by atoms with Crippen LogP contribution in [0, 0.1) is 0 Å². The van der Waals surface area contributed by atoms with E-state index in [1.54, 1.807) is 24.8 Å². The van der Waals surface area contributed by atoms with E-state index >= 15 is 0 Å². The van der Waals surface area contributed by atoms with Crippen molar-refractivity contribution in [3.63, 3.8) is 0 Å². The Bertz CT molecular complexity index is 756. The van der Waals surface area contributed by atoms with Gasteiger partial charge in [0.05, 0.1) is 23.4 Å². The lowest BCUT2D eigenvalue weighted by atomic mass is 10.0. The van der Waals surface area contributed by atoms with Crippen molar-refractivity contribution in [2.75, 3.05) is 0 Å². The number of hydrogen-bond donors (Lipinski definition) is 2. The fourth-order valence-electron chi connectivity index (χ4n) is 2.14. The topological polar surface area (TPSA) is 104 Å². The molecule has 3 aromatic heterocycles. The van der Waals surface area contributed by atoms with Crippen molar-refractivity contribution in [2.24, 2.45) is 11.5 Å². The van der Waals surface area contributed by atoms with E-state index in [1.165, 1.54) is 0 Å². The van der Waals surface area contributed by atoms with Crippen LogP contribution in [0.15, 0.2) is 43.0 Å². The fourth-order valence-corrected chi connectivity index (χ4v) is 2.14. The zero-order valence-corrected chi connectivity index (χ0v) is 11.6. The Balaban J connectivity index is 2.25. The van der Waals surface area contributed by atoms with Gasteiger partial charge in [-0.3, -0.25) is 9.97 Å². The molecule has 0 aliphatic rings. The van der Waals surface area contributed by atoms with Gasteiger partial charge < -0.3 is 11.5 Å². The average molecular weight is 280 g/mol. The van der Waals surface area contributed by atoms with Crippen LogP contribution >= 0.6 is 0 Å². The first kappa shape index (κ1) is 13.5. The van der Waals surface area contributed by atoms with Gasteiger partial charge in [0.25, 0.3) is 0 Å². The summed E-state index contributed by atoms with van der Waals surface area (Å²) in [5, 5.41) is 0.882. The third-order valence-corrected chi connectivity index (χ3v) is 3.35. The number of pyridine rings is 2. The fraction of sp³-hybridized carbons (Fsp3) is 0.200. The smallest absolute Gasteiger partial charge is 0.160 e. The standard InChI is InChI=1S/C15H16N6/c1-9(16)13(17)14-11-4-7-19-8-12(11)20-15(21-14)10-2-5-18-6-3-10/h2-9,13H,16-17H2,1H3. The molecule has 0 saturated carbocycles. The summed E-state index contributed by atoms with van der Waals surface area (Å²) in [5.74, 6) is 0.601. The largest absolute Gasteiger partial charge is 0.326 e. The summed E-state index contributed by atoms with van der Waals surface area (Å²) in [4.78, 5) is 17.3. The van der Waals surface area contributed by atoms with Gasteiger partial charge in [-0.1, -0.05) is 0 Å². The van der Waals surface area contributed by atoms with Crippen molar-refractivity contribution in [1.29, 1.82) is 0 Å². The lowest BCUT2D eigenvalue weighted by Gasteiger charge is -2.17. The van der Waals surface area contributed by atoms with Gasteiger partial charge in [0.2, 0.25) is 0 Å². The number of fused-ring (bicyclic) bond motifs is 1. The van der Waals surface area contributed by atoms with Crippen LogP contribution in [0.3, 0.4) is 0 Å². The molecule has 0 fully saturated rings. The SMILES string of the molecule is CC(N)C(N)c1nc(-c2ccncc2)nc2cnccc12. The van der Waals surface area contributed by atoms with Crippen molar-refractivity contribution in [2.45, 2.75) is 19.0 Å². The van der Waals surface area contributed by atoms with E-state index in [0.717, 1.165) is 22.2 Å². The molecule has 0 spiro atoms. The monoisotopic (exact) mass is 280 g/mol. The highest BCUT2D eigenvalue weighted by Gasteiger charge is 2.18. The number of rotatable bonds is 3. The van der Waals surface area contributed by atoms with Crippen LogP contribution in [0.4, 0.5) is 0 Å². The van der Waals surface area contributed by atoms with Crippen LogP contribution in [0.5, 0.6) is 0 Å². The molecule has 106 valence electrons. The average Bonchev–Trinajstić information content (AvgIpc) is 2.54. The molecule has 3 aromatic rings. The molecule has 0 aliphatic heterocycles. The minimum absolute atomic E-state index is 0.207. The molecule has 3 heterocycles. The molecule has 0 bridgehead atoms. The second-order valence-corrected chi connectivity index (χ2v) is 4.95. The molecule has 6 heteroatoms. The van der Waals surface area contributed by atoms with Crippen LogP contribution in [0.2, 0.25) is 0 Å². The van der Waals surface area contributed by atoms with Gasteiger partial charge in [-0.2, -0.15) is 0 Å². The minimum Gasteiger partial charge on any atom is -0.326 e. The minimum atomic E-state index is -0.363. The zero-order chi connectivity index (χ0) is 14.8. The van der Waals surface area contributed by atoms with Gasteiger partial charge >= 0.3 is 0 Å². The Hall–Kier alpha value is -2.44. The van der Waals surface area contributed by atoms with Gasteiger partial charge in [-0.15, -0.1) is 0 Å². The van der Waals surface area contributed by atoms with E-state index in [1.807, 2.05) is 25.1 Å². The summed E-state index contributed by atoms with van der Waals surface area (Å²) in [6, 6.07) is 5.01. The second-order valence-electron chi connectivity index (χ2n) is 4.95. The first-order chi connectivity index (χ1) is 10.2. The first-order valence-electron chi connectivity index (χ1n) is 6.70. The number of aromatic nitrogens is 4. The van der Waals surface area contributed by atoms with Crippen LogP contribution in [0.1, 0.15) is 18.7 Å². The summed E-state index contributed by atoms with van der Waals surface area (Å²) in [7, 11) is 0. The van der Waals surface area contributed by atoms with E-state index in [-0.39, 0.29) is 12.1 Å². The normalized spacial score (nSPS) is 14.0. The lowest BCUT2D eigenvalue weighted by molar-refractivity contribution is 0.579. The molecule has 2 unspecified atom stereocenters. The maximum atomic E-state index is 6.20. The van der Waals surface area contributed by atoms with Gasteiger partial charge in [0.1, 0.15) is 0 Å². The second kappa shape index (κ2) is 5.51. The summed E-state index contributed by atoms with van der Waals surface area (Å²) >= 11 is 0. The van der Waals surface area contributed by atoms with Crippen LogP contribution in [0.25, 0.3) is 22.3 Å². The highest BCUT2D eigenvalue weighted by molar-refractivity contribution is 5.82. The molecule has 0 radical (unpaired) electrons. The third kappa shape index (κ3) is 2.58. The van der Waals surface area contributed by atoms with E-state index in [2.05, 4.69) is 19.9 Å². The molecule has 0 amide bonds. The molecule has 0 aromatic carbocycles. The molecule has 21 heavy (non-hydrogen) atoms. The van der Waals surface area contributed by atoms with Crippen molar-refractivity contribution < 1.29 is 0 Å². The number of nitrogens with zero attached hydrogens (tertiary/aromatic N) is 4. The summed E-state index contributed by atoms with van der Waals surface area (Å²) in [6.45, 7) is 1.87. The zero-order valence-electron chi connectivity index (χ0n) is 11.6. The van der Waals surface area contributed by atoms with Crippen LogP contribution in [-0.2, 0) is 0 Å². The van der Waals surface area contributed by atoms with Crippen molar-refractivity contribution >= 4 is 10.9 Å². The summed E-state index contributed by atoms with van der Waals surface area (Å²) in [5.41, 5.74) is 14.5. The first-order valence-corrected chi connectivity index (χ1v) is 6.70. The molecule has 0 saturated heterocycles. The Morgan fingerprint density at radius 1 is 0.952 bits per heavy atom.